The number of likely N-dealkylation sites (tertiary alicyclic amines) is 1. The number of nitrogens with zero attached hydrogens (tertiary/aromatic N) is 4. The van der Waals surface area contributed by atoms with E-state index in [1.165, 1.54) is 6.42 Å². The van der Waals surface area contributed by atoms with Crippen molar-refractivity contribution in [3.63, 3.8) is 0 Å². The zero-order valence-electron chi connectivity index (χ0n) is 23.8. The zero-order chi connectivity index (χ0) is 28.5. The second-order valence-corrected chi connectivity index (χ2v) is 9.97. The third kappa shape index (κ3) is 6.33. The third-order valence-corrected chi connectivity index (χ3v) is 7.37. The second kappa shape index (κ2) is 13.7. The van der Waals surface area contributed by atoms with Crippen LogP contribution in [-0.4, -0.2) is 46.9 Å². The molecule has 1 saturated heterocycles. The van der Waals surface area contributed by atoms with Crippen LogP contribution in [0.2, 0.25) is 0 Å². The van der Waals surface area contributed by atoms with Gasteiger partial charge in [0, 0.05) is 37.8 Å². The molecular formula is C32H39N5O3. The maximum absolute atomic E-state index is 14.0. The van der Waals surface area contributed by atoms with Gasteiger partial charge in [-0.15, -0.1) is 0 Å². The number of hydroxylamine groups is 1. The van der Waals surface area contributed by atoms with Gasteiger partial charge in [-0.05, 0) is 48.8 Å². The van der Waals surface area contributed by atoms with Crippen LogP contribution < -0.4 is 11.0 Å². The molecule has 1 aromatic heterocycles. The van der Waals surface area contributed by atoms with Gasteiger partial charge in [0.25, 0.3) is 5.56 Å². The number of rotatable bonds is 11. The highest BCUT2D eigenvalue weighted by Crippen LogP contribution is 2.26. The fraction of sp³-hybridized carbons (Fsp3) is 0.375. The Balaban J connectivity index is 1.68. The molecular weight excluding hydrogens is 502 g/mol. The lowest BCUT2D eigenvalue weighted by Crippen LogP contribution is -2.35. The highest BCUT2D eigenvalue weighted by molar-refractivity contribution is 6.04. The van der Waals surface area contributed by atoms with E-state index < -0.39 is 0 Å². The maximum atomic E-state index is 14.0. The van der Waals surface area contributed by atoms with Gasteiger partial charge in [-0.2, -0.15) is 0 Å². The predicted octanol–water partition coefficient (Wildman–Crippen LogP) is 4.98. The van der Waals surface area contributed by atoms with Crippen molar-refractivity contribution in [1.29, 1.82) is 0 Å². The molecule has 0 atom stereocenters. The lowest BCUT2D eigenvalue weighted by Gasteiger charge is -2.31. The molecule has 4 rings (SSSR count). The molecule has 0 radical (unpaired) electrons. The Hall–Kier alpha value is -4.20. The molecule has 0 bridgehead atoms. The number of amidine groups is 1. The van der Waals surface area contributed by atoms with Gasteiger partial charge in [0.1, 0.15) is 5.82 Å². The Morgan fingerprint density at radius 2 is 1.82 bits per heavy atom. The molecule has 40 heavy (non-hydrogen) atoms. The minimum atomic E-state index is -0.00894. The van der Waals surface area contributed by atoms with Crippen LogP contribution in [0.5, 0.6) is 0 Å². The van der Waals surface area contributed by atoms with E-state index in [1.807, 2.05) is 53.1 Å². The Morgan fingerprint density at radius 3 is 2.48 bits per heavy atom. The average molecular weight is 542 g/mol. The molecule has 1 N–H and O–H groups in total. The summed E-state index contributed by atoms with van der Waals surface area (Å²) in [6.07, 6.45) is 5.80. The van der Waals surface area contributed by atoms with Crippen LogP contribution in [0, 0.1) is 0 Å². The molecule has 8 nitrogen and oxygen atoms in total. The normalized spacial score (nSPS) is 13.7. The van der Waals surface area contributed by atoms with Gasteiger partial charge in [-0.1, -0.05) is 69.0 Å². The van der Waals surface area contributed by atoms with Crippen LogP contribution in [0.4, 0.5) is 0 Å². The zero-order valence-corrected chi connectivity index (χ0v) is 23.8. The van der Waals surface area contributed by atoms with Gasteiger partial charge in [-0.25, -0.2) is 10.5 Å². The molecule has 0 amide bonds. The number of aliphatic imine (C=N–C) groups is 1. The summed E-state index contributed by atoms with van der Waals surface area (Å²) >= 11 is 0. The van der Waals surface area contributed by atoms with E-state index in [0.29, 0.717) is 30.8 Å². The summed E-state index contributed by atoms with van der Waals surface area (Å²) in [6.45, 7) is 11.2. The van der Waals surface area contributed by atoms with Crippen LogP contribution in [0.15, 0.2) is 64.9 Å². The van der Waals surface area contributed by atoms with Gasteiger partial charge < -0.3 is 9.74 Å². The first-order valence-corrected chi connectivity index (χ1v) is 14.1. The van der Waals surface area contributed by atoms with Crippen molar-refractivity contribution in [1.82, 2.24) is 19.9 Å². The molecule has 0 saturated carbocycles. The number of nitrogens with one attached hydrogen (secondary N) is 1. The van der Waals surface area contributed by atoms with Gasteiger partial charge in [0.2, 0.25) is 0 Å². The Bertz CT molecular complexity index is 1420. The smallest absolute Gasteiger partial charge is 0.320 e. The first-order chi connectivity index (χ1) is 19.5. The molecule has 1 aliphatic heterocycles. The quantitative estimate of drug-likeness (QED) is 0.159. The lowest BCUT2D eigenvalue weighted by molar-refractivity contribution is -0.132. The van der Waals surface area contributed by atoms with E-state index in [2.05, 4.69) is 35.8 Å². The van der Waals surface area contributed by atoms with Crippen molar-refractivity contribution in [2.24, 2.45) is 4.99 Å². The molecule has 0 unspecified atom stereocenters. The number of carbonyl (C=O) groups excluding carboxylic acids is 1. The number of aryl methyl sites for hydroxylation is 2. The highest BCUT2D eigenvalue weighted by Gasteiger charge is 2.22. The highest BCUT2D eigenvalue weighted by atomic mass is 16.7. The summed E-state index contributed by atoms with van der Waals surface area (Å²) in [5.74, 6) is 1.27. The average Bonchev–Trinajstić information content (AvgIpc) is 3.00. The van der Waals surface area contributed by atoms with Crippen molar-refractivity contribution < 1.29 is 9.63 Å². The van der Waals surface area contributed by atoms with E-state index >= 15 is 0 Å². The SMILES string of the molecule is C=C(c1c(CC)nc(CCC)n(Cc2ccc(-c3ccccc3C(=NC)NOC=O)cc2)c1=O)N1CCCCC1. The summed E-state index contributed by atoms with van der Waals surface area (Å²) in [6, 6.07) is 15.9. The van der Waals surface area contributed by atoms with Crippen molar-refractivity contribution in [2.45, 2.75) is 58.9 Å². The molecule has 2 heterocycles. The third-order valence-electron chi connectivity index (χ3n) is 7.37. The minimum Gasteiger partial charge on any atom is -0.371 e. The van der Waals surface area contributed by atoms with Crippen molar-refractivity contribution in [3.8, 4) is 11.1 Å². The van der Waals surface area contributed by atoms with E-state index in [1.54, 1.807) is 7.05 Å². The molecule has 1 aliphatic rings. The van der Waals surface area contributed by atoms with Crippen LogP contribution in [-0.2, 0) is 29.0 Å². The molecule has 8 heteroatoms. The van der Waals surface area contributed by atoms with Gasteiger partial charge >= 0.3 is 6.47 Å². The van der Waals surface area contributed by atoms with Crippen molar-refractivity contribution >= 4 is 18.0 Å². The largest absolute Gasteiger partial charge is 0.371 e. The summed E-state index contributed by atoms with van der Waals surface area (Å²) in [4.78, 5) is 40.9. The number of aromatic nitrogens is 2. The van der Waals surface area contributed by atoms with Gasteiger partial charge in [0.05, 0.1) is 17.8 Å². The van der Waals surface area contributed by atoms with Crippen molar-refractivity contribution in [3.05, 3.63) is 93.7 Å². The molecule has 1 fully saturated rings. The summed E-state index contributed by atoms with van der Waals surface area (Å²) < 4.78 is 1.83. The first-order valence-electron chi connectivity index (χ1n) is 14.1. The predicted molar refractivity (Wildman–Crippen MR) is 160 cm³/mol. The molecule has 2 aromatic carbocycles. The number of hydrogen-bond donors (Lipinski definition) is 1. The standard InChI is InChI=1S/C32H39N5O3/c1-5-12-29-34-28(6-2)30(23(3)36-19-10-7-11-20-36)32(39)37(29)21-24-15-17-25(18-16-24)26-13-8-9-14-27(26)31(33-4)35-40-22-38/h8-9,13-18,22H,3,5-7,10-12,19-21H2,1-2,4H3,(H,33,35). The van der Waals surface area contributed by atoms with Crippen LogP contribution in [0.3, 0.4) is 0 Å². The topological polar surface area (TPSA) is 88.8 Å². The van der Waals surface area contributed by atoms with Crippen LogP contribution in [0.25, 0.3) is 16.8 Å². The molecule has 210 valence electrons. The fourth-order valence-corrected chi connectivity index (χ4v) is 5.31. The number of carbonyl (C=O) groups is 1. The van der Waals surface area contributed by atoms with Gasteiger partial charge in [-0.3, -0.25) is 19.1 Å². The lowest BCUT2D eigenvalue weighted by atomic mass is 9.98. The molecule has 3 aromatic rings. The van der Waals surface area contributed by atoms with Crippen LogP contribution in [0.1, 0.15) is 67.7 Å². The summed E-state index contributed by atoms with van der Waals surface area (Å²) in [7, 11) is 1.63. The van der Waals surface area contributed by atoms with E-state index in [4.69, 9.17) is 9.82 Å². The number of benzene rings is 2. The number of hydrogen-bond acceptors (Lipinski definition) is 6. The Kier molecular flexibility index (Phi) is 9.89. The first kappa shape index (κ1) is 28.8. The molecule has 0 spiro atoms. The van der Waals surface area contributed by atoms with E-state index in [9.17, 15) is 9.59 Å². The monoisotopic (exact) mass is 541 g/mol. The van der Waals surface area contributed by atoms with E-state index in [0.717, 1.165) is 78.2 Å². The second-order valence-electron chi connectivity index (χ2n) is 9.97. The summed E-state index contributed by atoms with van der Waals surface area (Å²) in [5.41, 5.74) is 8.62. The van der Waals surface area contributed by atoms with Gasteiger partial charge in [0.15, 0.2) is 5.84 Å². The maximum Gasteiger partial charge on any atom is 0.320 e. The number of piperidine rings is 1. The fourth-order valence-electron chi connectivity index (χ4n) is 5.31. The van der Waals surface area contributed by atoms with Crippen molar-refractivity contribution in [2.75, 3.05) is 20.1 Å². The minimum absolute atomic E-state index is 0.00894. The molecule has 0 aliphatic carbocycles. The Morgan fingerprint density at radius 1 is 1.10 bits per heavy atom. The van der Waals surface area contributed by atoms with E-state index in [-0.39, 0.29) is 5.56 Å². The Labute approximate surface area is 236 Å². The van der Waals surface area contributed by atoms with Crippen LogP contribution >= 0.6 is 0 Å². The summed E-state index contributed by atoms with van der Waals surface area (Å²) in [5, 5.41) is 0.